The molecule has 1 unspecified atom stereocenters. The summed E-state index contributed by atoms with van der Waals surface area (Å²) < 4.78 is 2.04. The first kappa shape index (κ1) is 9.34. The lowest BCUT2D eigenvalue weighted by molar-refractivity contribution is 0.584. The molecule has 0 aliphatic carbocycles. The Hall–Kier alpha value is -1.22. The van der Waals surface area contributed by atoms with Gasteiger partial charge < -0.3 is 4.57 Å². The molecule has 1 aromatic carbocycles. The van der Waals surface area contributed by atoms with Gasteiger partial charge >= 0.3 is 0 Å². The van der Waals surface area contributed by atoms with Crippen LogP contribution in [0.25, 0.3) is 0 Å². The van der Waals surface area contributed by atoms with Gasteiger partial charge in [-0.3, -0.25) is 0 Å². The zero-order valence-electron chi connectivity index (χ0n) is 7.96. The van der Waals surface area contributed by atoms with E-state index in [1.165, 1.54) is 5.56 Å². The van der Waals surface area contributed by atoms with E-state index in [2.05, 4.69) is 36.7 Å². The third-order valence-electron chi connectivity index (χ3n) is 2.35. The largest absolute Gasteiger partial charge is 0.319 e. The fraction of sp³-hybridized carbons (Fsp3) is 0.182. The topological polar surface area (TPSA) is 17.8 Å². The van der Waals surface area contributed by atoms with Crippen molar-refractivity contribution in [3.8, 4) is 0 Å². The van der Waals surface area contributed by atoms with Gasteiger partial charge in [0.2, 0.25) is 0 Å². The van der Waals surface area contributed by atoms with Crippen molar-refractivity contribution in [2.24, 2.45) is 0 Å². The molecule has 1 atom stereocenters. The minimum absolute atomic E-state index is 0.284. The van der Waals surface area contributed by atoms with Gasteiger partial charge in [0.25, 0.3) is 0 Å². The Morgan fingerprint density at radius 1 is 1.29 bits per heavy atom. The molecule has 0 spiro atoms. The third kappa shape index (κ3) is 1.68. The van der Waals surface area contributed by atoms with Gasteiger partial charge in [-0.2, -0.15) is 0 Å². The monoisotopic (exact) mass is 204 g/mol. The molecule has 1 aromatic heterocycles. The van der Waals surface area contributed by atoms with Gasteiger partial charge in [0, 0.05) is 12.4 Å². The van der Waals surface area contributed by atoms with E-state index in [1.54, 1.807) is 6.20 Å². The molecule has 0 aliphatic rings. The summed E-state index contributed by atoms with van der Waals surface area (Å²) in [5.74, 6) is 0. The smallest absolute Gasteiger partial charge is 0.165 e. The van der Waals surface area contributed by atoms with E-state index >= 15 is 0 Å². The van der Waals surface area contributed by atoms with Gasteiger partial charge in [-0.05, 0) is 12.5 Å². The van der Waals surface area contributed by atoms with E-state index in [9.17, 15) is 0 Å². The van der Waals surface area contributed by atoms with Gasteiger partial charge in [0.15, 0.2) is 5.16 Å². The zero-order chi connectivity index (χ0) is 9.97. The summed E-state index contributed by atoms with van der Waals surface area (Å²) in [5.41, 5.74) is 1.26. The Morgan fingerprint density at radius 2 is 2.00 bits per heavy atom. The number of thiol groups is 1. The van der Waals surface area contributed by atoms with Crippen molar-refractivity contribution in [1.82, 2.24) is 9.55 Å². The predicted octanol–water partition coefficient (Wildman–Crippen LogP) is 2.78. The normalized spacial score (nSPS) is 12.7. The maximum Gasteiger partial charge on any atom is 0.165 e. The molecule has 0 saturated carbocycles. The molecular weight excluding hydrogens is 192 g/mol. The zero-order valence-corrected chi connectivity index (χ0v) is 8.85. The minimum atomic E-state index is 0.284. The van der Waals surface area contributed by atoms with E-state index in [0.717, 1.165) is 5.16 Å². The molecule has 0 saturated heterocycles. The van der Waals surface area contributed by atoms with Gasteiger partial charge in [0.05, 0.1) is 6.04 Å². The van der Waals surface area contributed by atoms with Crippen molar-refractivity contribution in [1.29, 1.82) is 0 Å². The van der Waals surface area contributed by atoms with Crippen LogP contribution in [0.3, 0.4) is 0 Å². The summed E-state index contributed by atoms with van der Waals surface area (Å²) >= 11 is 4.29. The van der Waals surface area contributed by atoms with Gasteiger partial charge in [0.1, 0.15) is 0 Å². The Bertz CT molecular complexity index is 408. The average molecular weight is 204 g/mol. The highest BCUT2D eigenvalue weighted by Gasteiger charge is 2.08. The summed E-state index contributed by atoms with van der Waals surface area (Å²) in [6.07, 6.45) is 3.71. The van der Waals surface area contributed by atoms with Crippen molar-refractivity contribution < 1.29 is 0 Å². The molecule has 2 nitrogen and oxygen atoms in total. The molecule has 2 rings (SSSR count). The SMILES string of the molecule is CC(c1ccccc1)n1ccnc1S. The number of imidazole rings is 1. The Labute approximate surface area is 89.0 Å². The summed E-state index contributed by atoms with van der Waals surface area (Å²) in [7, 11) is 0. The number of hydrogen-bond acceptors (Lipinski definition) is 2. The molecule has 0 amide bonds. The summed E-state index contributed by atoms with van der Waals surface area (Å²) in [5, 5.41) is 0.751. The molecule has 2 aromatic rings. The maximum absolute atomic E-state index is 4.29. The molecule has 72 valence electrons. The molecule has 0 N–H and O–H groups in total. The number of benzene rings is 1. The Balaban J connectivity index is 2.34. The predicted molar refractivity (Wildman–Crippen MR) is 59.7 cm³/mol. The van der Waals surface area contributed by atoms with E-state index < -0.39 is 0 Å². The minimum Gasteiger partial charge on any atom is -0.319 e. The number of nitrogens with zero attached hydrogens (tertiary/aromatic N) is 2. The van der Waals surface area contributed by atoms with Crippen LogP contribution in [0.4, 0.5) is 0 Å². The second-order valence-electron chi connectivity index (χ2n) is 3.22. The van der Waals surface area contributed by atoms with E-state index in [4.69, 9.17) is 0 Å². The van der Waals surface area contributed by atoms with Gasteiger partial charge in [-0.25, -0.2) is 4.98 Å². The maximum atomic E-state index is 4.29. The van der Waals surface area contributed by atoms with Crippen LogP contribution in [0, 0.1) is 0 Å². The van der Waals surface area contributed by atoms with Crippen LogP contribution < -0.4 is 0 Å². The van der Waals surface area contributed by atoms with Crippen molar-refractivity contribution >= 4 is 12.6 Å². The fourth-order valence-electron chi connectivity index (χ4n) is 1.50. The van der Waals surface area contributed by atoms with Crippen LogP contribution >= 0.6 is 12.6 Å². The van der Waals surface area contributed by atoms with E-state index in [-0.39, 0.29) is 6.04 Å². The van der Waals surface area contributed by atoms with Crippen LogP contribution in [-0.2, 0) is 0 Å². The van der Waals surface area contributed by atoms with Crippen LogP contribution in [0.1, 0.15) is 18.5 Å². The third-order valence-corrected chi connectivity index (χ3v) is 2.69. The molecule has 1 heterocycles. The molecule has 0 bridgehead atoms. The number of aromatic nitrogens is 2. The quantitative estimate of drug-likeness (QED) is 0.745. The highest BCUT2D eigenvalue weighted by atomic mass is 32.1. The number of hydrogen-bond donors (Lipinski definition) is 1. The standard InChI is InChI=1S/C11H12N2S/c1-9(10-5-3-2-4-6-10)13-8-7-12-11(13)14/h2-9H,1H3,(H,12,14). The highest BCUT2D eigenvalue weighted by Crippen LogP contribution is 2.19. The molecular formula is C11H12N2S. The first-order chi connectivity index (χ1) is 6.79. The second-order valence-corrected chi connectivity index (χ2v) is 3.62. The molecule has 14 heavy (non-hydrogen) atoms. The highest BCUT2D eigenvalue weighted by molar-refractivity contribution is 7.80. The number of rotatable bonds is 2. The average Bonchev–Trinajstić information content (AvgIpc) is 2.65. The molecule has 0 aliphatic heterocycles. The first-order valence-electron chi connectivity index (χ1n) is 4.56. The van der Waals surface area contributed by atoms with Crippen molar-refractivity contribution in [2.45, 2.75) is 18.1 Å². The van der Waals surface area contributed by atoms with Gasteiger partial charge in [-0.1, -0.05) is 30.3 Å². The lowest BCUT2D eigenvalue weighted by atomic mass is 10.1. The van der Waals surface area contributed by atoms with Crippen LogP contribution in [0.2, 0.25) is 0 Å². The van der Waals surface area contributed by atoms with Crippen LogP contribution in [0.5, 0.6) is 0 Å². The van der Waals surface area contributed by atoms with Crippen molar-refractivity contribution in [3.63, 3.8) is 0 Å². The Kier molecular flexibility index (Phi) is 2.59. The molecule has 3 heteroatoms. The Morgan fingerprint density at radius 3 is 2.57 bits per heavy atom. The summed E-state index contributed by atoms with van der Waals surface area (Å²) in [4.78, 5) is 4.09. The fourth-order valence-corrected chi connectivity index (χ4v) is 1.81. The van der Waals surface area contributed by atoms with Gasteiger partial charge in [-0.15, -0.1) is 12.6 Å². The van der Waals surface area contributed by atoms with E-state index in [1.807, 2.05) is 29.0 Å². The molecule has 0 radical (unpaired) electrons. The second kappa shape index (κ2) is 3.88. The first-order valence-corrected chi connectivity index (χ1v) is 5.00. The summed E-state index contributed by atoms with van der Waals surface area (Å²) in [6.45, 7) is 2.14. The lowest BCUT2D eigenvalue weighted by Crippen LogP contribution is -2.05. The molecule has 0 fully saturated rings. The van der Waals surface area contributed by atoms with Crippen LogP contribution in [0.15, 0.2) is 47.9 Å². The summed E-state index contributed by atoms with van der Waals surface area (Å²) in [6, 6.07) is 10.6. The lowest BCUT2D eigenvalue weighted by Gasteiger charge is -2.14. The van der Waals surface area contributed by atoms with E-state index in [0.29, 0.717) is 0 Å². The van der Waals surface area contributed by atoms with Crippen molar-refractivity contribution in [3.05, 3.63) is 48.3 Å². The van der Waals surface area contributed by atoms with Crippen molar-refractivity contribution in [2.75, 3.05) is 0 Å². The van der Waals surface area contributed by atoms with Crippen LogP contribution in [-0.4, -0.2) is 9.55 Å².